The highest BCUT2D eigenvalue weighted by molar-refractivity contribution is 5.55. The van der Waals surface area contributed by atoms with E-state index in [0.717, 1.165) is 39.1 Å². The number of hydrogen-bond donors (Lipinski definition) is 0. The smallest absolute Gasteiger partial charge is 0.0710 e. The number of anilines is 1. The predicted molar refractivity (Wildman–Crippen MR) is 78.7 cm³/mol. The molecule has 0 spiro atoms. The minimum absolute atomic E-state index is 1.01. The maximum Gasteiger partial charge on any atom is 0.0710 e. The zero-order valence-electron chi connectivity index (χ0n) is 11.0. The van der Waals surface area contributed by atoms with Crippen LogP contribution in [0.1, 0.15) is 18.4 Å². The highest BCUT2D eigenvalue weighted by atomic mass is 15.3. The van der Waals surface area contributed by atoms with Crippen LogP contribution in [0.3, 0.4) is 0 Å². The summed E-state index contributed by atoms with van der Waals surface area (Å²) >= 11 is 0. The Hall–Kier alpha value is -1.54. The van der Waals surface area contributed by atoms with Crippen LogP contribution in [-0.2, 0) is 6.54 Å². The Kier molecular flexibility index (Phi) is 4.59. The van der Waals surface area contributed by atoms with Crippen LogP contribution in [0.2, 0.25) is 0 Å². The quantitative estimate of drug-likeness (QED) is 0.705. The van der Waals surface area contributed by atoms with Crippen molar-refractivity contribution in [1.29, 1.82) is 0 Å². The number of para-hydroxylation sites is 1. The van der Waals surface area contributed by atoms with Crippen LogP contribution in [0.5, 0.6) is 0 Å². The van der Waals surface area contributed by atoms with E-state index < -0.39 is 0 Å². The van der Waals surface area contributed by atoms with Crippen molar-refractivity contribution in [1.82, 2.24) is 4.90 Å². The minimum atomic E-state index is 1.01. The molecule has 0 atom stereocenters. The molecule has 0 aromatic heterocycles. The number of nitrogens with zero attached hydrogens (tertiary/aromatic N) is 2. The Bertz CT molecular complexity index is 411. The maximum atomic E-state index is 3.82. The van der Waals surface area contributed by atoms with E-state index in [9.17, 15) is 0 Å². The molecular weight excluding hydrogens is 220 g/mol. The molecular formula is C16H22N2. The first kappa shape index (κ1) is 12.9. The summed E-state index contributed by atoms with van der Waals surface area (Å²) in [5.41, 5.74) is 2.81. The summed E-state index contributed by atoms with van der Waals surface area (Å²) in [6.45, 7) is 11.8. The van der Waals surface area contributed by atoms with Crippen molar-refractivity contribution in [2.75, 3.05) is 24.7 Å². The zero-order chi connectivity index (χ0) is 12.8. The number of hydrogen-bond acceptors (Lipinski definition) is 2. The first-order chi connectivity index (χ1) is 8.85. The van der Waals surface area contributed by atoms with Gasteiger partial charge in [-0.25, -0.2) is 0 Å². The van der Waals surface area contributed by atoms with Gasteiger partial charge >= 0.3 is 0 Å². The lowest BCUT2D eigenvalue weighted by molar-refractivity contribution is 0.257. The molecule has 0 saturated carbocycles. The fourth-order valence-electron chi connectivity index (χ4n) is 2.42. The highest BCUT2D eigenvalue weighted by Crippen LogP contribution is 2.27. The average Bonchev–Trinajstić information content (AvgIpc) is 2.42. The van der Waals surface area contributed by atoms with Crippen LogP contribution in [0.15, 0.2) is 49.6 Å². The number of fused-ring (bicyclic) bond motifs is 1. The first-order valence-electron chi connectivity index (χ1n) is 6.62. The second-order valence-corrected chi connectivity index (χ2v) is 4.74. The van der Waals surface area contributed by atoms with Gasteiger partial charge in [0.2, 0.25) is 0 Å². The molecule has 96 valence electrons. The Balaban J connectivity index is 2.12. The van der Waals surface area contributed by atoms with Gasteiger partial charge < -0.3 is 4.90 Å². The van der Waals surface area contributed by atoms with Gasteiger partial charge in [-0.3, -0.25) is 4.90 Å². The molecule has 1 aliphatic rings. The Morgan fingerprint density at radius 3 is 2.56 bits per heavy atom. The van der Waals surface area contributed by atoms with Gasteiger partial charge in [-0.1, -0.05) is 30.4 Å². The summed E-state index contributed by atoms with van der Waals surface area (Å²) in [6.07, 6.45) is 6.07. The third-order valence-electron chi connectivity index (χ3n) is 3.35. The molecule has 0 fully saturated rings. The molecule has 0 saturated heterocycles. The van der Waals surface area contributed by atoms with Crippen LogP contribution in [-0.4, -0.2) is 24.7 Å². The third-order valence-corrected chi connectivity index (χ3v) is 3.35. The van der Waals surface area contributed by atoms with Crippen molar-refractivity contribution >= 4 is 5.69 Å². The molecule has 1 aromatic rings. The lowest BCUT2D eigenvalue weighted by atomic mass is 10.1. The number of rotatable bonds is 6. The third kappa shape index (κ3) is 3.02. The fourth-order valence-corrected chi connectivity index (χ4v) is 2.42. The predicted octanol–water partition coefficient (Wildman–Crippen LogP) is 3.42. The lowest BCUT2D eigenvalue weighted by Crippen LogP contribution is -2.43. The Labute approximate surface area is 110 Å². The van der Waals surface area contributed by atoms with Gasteiger partial charge in [0.25, 0.3) is 0 Å². The summed E-state index contributed by atoms with van der Waals surface area (Å²) in [5, 5.41) is 0. The second kappa shape index (κ2) is 6.41. The monoisotopic (exact) mass is 242 g/mol. The van der Waals surface area contributed by atoms with Gasteiger partial charge in [0.05, 0.1) is 6.67 Å². The summed E-state index contributed by atoms with van der Waals surface area (Å²) in [6, 6.07) is 8.71. The number of benzene rings is 1. The minimum Gasteiger partial charge on any atom is -0.358 e. The largest absolute Gasteiger partial charge is 0.358 e. The SMILES string of the molecule is C=CCCN1Cc2ccccc2N(CCC=C)C1. The molecule has 0 bridgehead atoms. The highest BCUT2D eigenvalue weighted by Gasteiger charge is 2.20. The molecule has 1 heterocycles. The first-order valence-corrected chi connectivity index (χ1v) is 6.62. The molecule has 2 heteroatoms. The molecule has 2 nitrogen and oxygen atoms in total. The molecule has 2 rings (SSSR count). The van der Waals surface area contributed by atoms with Crippen molar-refractivity contribution in [3.63, 3.8) is 0 Å². The van der Waals surface area contributed by atoms with E-state index in [1.54, 1.807) is 0 Å². The van der Waals surface area contributed by atoms with Gasteiger partial charge in [-0.15, -0.1) is 13.2 Å². The van der Waals surface area contributed by atoms with Gasteiger partial charge in [0, 0.05) is 25.3 Å². The summed E-state index contributed by atoms with van der Waals surface area (Å²) in [5.74, 6) is 0. The van der Waals surface area contributed by atoms with Crippen molar-refractivity contribution in [2.45, 2.75) is 19.4 Å². The van der Waals surface area contributed by atoms with E-state index in [1.807, 2.05) is 12.2 Å². The normalized spacial score (nSPS) is 15.2. The van der Waals surface area contributed by atoms with Crippen LogP contribution in [0.4, 0.5) is 5.69 Å². The van der Waals surface area contributed by atoms with Crippen LogP contribution in [0, 0.1) is 0 Å². The van der Waals surface area contributed by atoms with Gasteiger partial charge in [0.15, 0.2) is 0 Å². The van der Waals surface area contributed by atoms with E-state index in [0.29, 0.717) is 0 Å². The lowest BCUT2D eigenvalue weighted by Gasteiger charge is -2.38. The van der Waals surface area contributed by atoms with Gasteiger partial charge in [-0.2, -0.15) is 0 Å². The van der Waals surface area contributed by atoms with Gasteiger partial charge in [-0.05, 0) is 24.5 Å². The molecule has 1 aromatic carbocycles. The van der Waals surface area contributed by atoms with E-state index in [2.05, 4.69) is 47.2 Å². The van der Waals surface area contributed by atoms with E-state index in [1.165, 1.54) is 11.3 Å². The zero-order valence-corrected chi connectivity index (χ0v) is 11.0. The standard InChI is InChI=1S/C16H22N2/c1-3-5-11-17-13-15-9-7-8-10-16(15)18(14-17)12-6-4-2/h3-4,7-10H,1-2,5-6,11-14H2. The molecule has 0 radical (unpaired) electrons. The second-order valence-electron chi connectivity index (χ2n) is 4.74. The van der Waals surface area contributed by atoms with E-state index >= 15 is 0 Å². The summed E-state index contributed by atoms with van der Waals surface area (Å²) in [4.78, 5) is 4.93. The summed E-state index contributed by atoms with van der Waals surface area (Å²) < 4.78 is 0. The molecule has 0 aliphatic carbocycles. The summed E-state index contributed by atoms with van der Waals surface area (Å²) in [7, 11) is 0. The van der Waals surface area contributed by atoms with Crippen molar-refractivity contribution in [2.24, 2.45) is 0 Å². The van der Waals surface area contributed by atoms with Crippen LogP contribution >= 0.6 is 0 Å². The Morgan fingerprint density at radius 2 is 1.78 bits per heavy atom. The molecule has 0 unspecified atom stereocenters. The van der Waals surface area contributed by atoms with Crippen molar-refractivity contribution < 1.29 is 0 Å². The van der Waals surface area contributed by atoms with Crippen molar-refractivity contribution in [3.8, 4) is 0 Å². The molecule has 0 N–H and O–H groups in total. The van der Waals surface area contributed by atoms with Crippen LogP contribution < -0.4 is 4.90 Å². The van der Waals surface area contributed by atoms with E-state index in [4.69, 9.17) is 0 Å². The fraction of sp³-hybridized carbons (Fsp3) is 0.375. The Morgan fingerprint density at radius 1 is 1.06 bits per heavy atom. The van der Waals surface area contributed by atoms with Crippen LogP contribution in [0.25, 0.3) is 0 Å². The molecule has 0 amide bonds. The average molecular weight is 242 g/mol. The van der Waals surface area contributed by atoms with Crippen molar-refractivity contribution in [3.05, 3.63) is 55.1 Å². The molecule has 1 aliphatic heterocycles. The molecule has 18 heavy (non-hydrogen) atoms. The topological polar surface area (TPSA) is 6.48 Å². The maximum absolute atomic E-state index is 3.82. The van der Waals surface area contributed by atoms with E-state index in [-0.39, 0.29) is 0 Å². The van der Waals surface area contributed by atoms with Gasteiger partial charge in [0.1, 0.15) is 0 Å².